The van der Waals surface area contributed by atoms with Crippen molar-refractivity contribution in [3.05, 3.63) is 64.7 Å². The first-order valence-electron chi connectivity index (χ1n) is 10.8. The summed E-state index contributed by atoms with van der Waals surface area (Å²) in [4.78, 5) is 29.2. The van der Waals surface area contributed by atoms with Gasteiger partial charge < -0.3 is 9.32 Å². The van der Waals surface area contributed by atoms with Gasteiger partial charge in [0.1, 0.15) is 5.82 Å². The molecule has 1 saturated heterocycles. The Hall–Kier alpha value is -3.27. The second-order valence-corrected chi connectivity index (χ2v) is 8.04. The maximum Gasteiger partial charge on any atom is 0.363 e. The van der Waals surface area contributed by atoms with E-state index in [9.17, 15) is 14.0 Å². The molecule has 0 spiro atoms. The number of nitrogens with zero attached hydrogens (tertiary/aromatic N) is 6. The van der Waals surface area contributed by atoms with Crippen molar-refractivity contribution in [3.8, 4) is 0 Å². The van der Waals surface area contributed by atoms with Crippen LogP contribution in [0.4, 0.5) is 10.1 Å². The van der Waals surface area contributed by atoms with Gasteiger partial charge in [-0.15, -0.1) is 0 Å². The van der Waals surface area contributed by atoms with Gasteiger partial charge in [0.15, 0.2) is 5.76 Å². The summed E-state index contributed by atoms with van der Waals surface area (Å²) in [7, 11) is 0. The summed E-state index contributed by atoms with van der Waals surface area (Å²) in [5.41, 5.74) is 0.0344. The molecule has 32 heavy (non-hydrogen) atoms. The number of likely N-dealkylation sites (tertiary alicyclic amines) is 1. The van der Waals surface area contributed by atoms with Crippen molar-refractivity contribution in [3.63, 3.8) is 0 Å². The van der Waals surface area contributed by atoms with Gasteiger partial charge in [-0.25, -0.2) is 9.18 Å². The molecule has 1 amide bonds. The maximum atomic E-state index is 14.7. The predicted octanol–water partition coefficient (Wildman–Crippen LogP) is 2.25. The van der Waals surface area contributed by atoms with Crippen LogP contribution in [-0.4, -0.2) is 56.3 Å². The highest BCUT2D eigenvalue weighted by Gasteiger charge is 2.36. The van der Waals surface area contributed by atoms with E-state index in [1.807, 2.05) is 6.92 Å². The van der Waals surface area contributed by atoms with Crippen molar-refractivity contribution in [2.45, 2.75) is 39.4 Å². The van der Waals surface area contributed by atoms with E-state index in [0.29, 0.717) is 39.1 Å². The third-order valence-corrected chi connectivity index (χ3v) is 5.96. The summed E-state index contributed by atoms with van der Waals surface area (Å²) in [6.45, 7) is 6.89. The lowest BCUT2D eigenvalue weighted by molar-refractivity contribution is 0.0901. The van der Waals surface area contributed by atoms with E-state index >= 15 is 0 Å². The number of benzene rings is 1. The lowest BCUT2D eigenvalue weighted by atomic mass is 9.91. The fourth-order valence-electron chi connectivity index (χ4n) is 4.29. The van der Waals surface area contributed by atoms with E-state index in [1.54, 1.807) is 30.3 Å². The number of carbonyl (C=O) groups excluding carboxylic acids is 1. The molecule has 3 aromatic rings. The molecule has 170 valence electrons. The number of anilines is 1. The van der Waals surface area contributed by atoms with Crippen LogP contribution in [0.5, 0.6) is 0 Å². The number of furan rings is 1. The zero-order valence-electron chi connectivity index (χ0n) is 18.2. The molecular weight excluding hydrogens is 415 g/mol. The summed E-state index contributed by atoms with van der Waals surface area (Å²) in [5.74, 6) is -0.542. The average molecular weight is 442 g/mol. The smallest absolute Gasteiger partial charge is 0.363 e. The number of rotatable bonds is 7. The number of hydrogen-bond acceptors (Lipinski definition) is 6. The van der Waals surface area contributed by atoms with Gasteiger partial charge in [0, 0.05) is 32.2 Å². The first-order valence-corrected chi connectivity index (χ1v) is 10.8. The Labute approximate surface area is 185 Å². The van der Waals surface area contributed by atoms with Gasteiger partial charge in [0.05, 0.1) is 18.5 Å². The van der Waals surface area contributed by atoms with Crippen molar-refractivity contribution in [1.82, 2.24) is 24.7 Å². The summed E-state index contributed by atoms with van der Waals surface area (Å²) in [5, 5.41) is 7.76. The molecule has 1 aliphatic heterocycles. The molecule has 1 aromatic carbocycles. The lowest BCUT2D eigenvalue weighted by Crippen LogP contribution is -2.53. The molecule has 4 rings (SSSR count). The minimum absolute atomic E-state index is 0.0744. The highest BCUT2D eigenvalue weighted by atomic mass is 19.1. The molecule has 0 radical (unpaired) electrons. The van der Waals surface area contributed by atoms with Crippen LogP contribution in [0, 0.1) is 11.7 Å². The van der Waals surface area contributed by atoms with E-state index in [2.05, 4.69) is 22.3 Å². The maximum absolute atomic E-state index is 14.7. The van der Waals surface area contributed by atoms with E-state index < -0.39 is 5.82 Å². The fourth-order valence-corrected chi connectivity index (χ4v) is 4.29. The van der Waals surface area contributed by atoms with Crippen LogP contribution in [0.1, 0.15) is 30.8 Å². The zero-order valence-corrected chi connectivity index (χ0v) is 18.2. The predicted molar refractivity (Wildman–Crippen MR) is 116 cm³/mol. The molecule has 10 heteroatoms. The Morgan fingerprint density at radius 3 is 2.62 bits per heavy atom. The quantitative estimate of drug-likeness (QED) is 0.558. The van der Waals surface area contributed by atoms with Crippen molar-refractivity contribution in [2.24, 2.45) is 5.92 Å². The number of aromatic nitrogens is 4. The Morgan fingerprint density at radius 2 is 1.97 bits per heavy atom. The van der Waals surface area contributed by atoms with Crippen LogP contribution in [0.15, 0.2) is 51.9 Å². The molecule has 9 nitrogen and oxygen atoms in total. The zero-order chi connectivity index (χ0) is 22.7. The van der Waals surface area contributed by atoms with Crippen LogP contribution in [-0.2, 0) is 13.1 Å². The summed E-state index contributed by atoms with van der Waals surface area (Å²) >= 11 is 0. The lowest BCUT2D eigenvalue weighted by Gasteiger charge is -2.42. The van der Waals surface area contributed by atoms with Gasteiger partial charge >= 0.3 is 5.69 Å². The standard InChI is InChI=1S/C22H27FN6O3/c1-3-27-22(31)28(25-24-27)13-12-26-11-10-18(16(2)15-26)29(19-8-5-4-7-17(19)23)21(30)20-9-6-14-32-20/h4-9,14,16,18H,3,10-13,15H2,1-2H3. The Morgan fingerprint density at radius 1 is 1.19 bits per heavy atom. The molecule has 0 saturated carbocycles. The molecule has 2 atom stereocenters. The van der Waals surface area contributed by atoms with Crippen molar-refractivity contribution in [2.75, 3.05) is 24.5 Å². The van der Waals surface area contributed by atoms with Crippen molar-refractivity contribution in [1.29, 1.82) is 0 Å². The van der Waals surface area contributed by atoms with E-state index in [4.69, 9.17) is 4.42 Å². The van der Waals surface area contributed by atoms with Crippen LogP contribution < -0.4 is 10.6 Å². The third-order valence-electron chi connectivity index (χ3n) is 5.96. The van der Waals surface area contributed by atoms with Crippen LogP contribution in [0.2, 0.25) is 0 Å². The van der Waals surface area contributed by atoms with Crippen molar-refractivity contribution >= 4 is 11.6 Å². The number of carbonyl (C=O) groups is 1. The topological polar surface area (TPSA) is 89.4 Å². The number of tetrazole rings is 1. The van der Waals surface area contributed by atoms with Gasteiger partial charge in [0.25, 0.3) is 5.91 Å². The fraction of sp³-hybridized carbons (Fsp3) is 0.455. The Balaban J connectivity index is 1.49. The van der Waals surface area contributed by atoms with Gasteiger partial charge in [0.2, 0.25) is 0 Å². The Kier molecular flexibility index (Phi) is 6.50. The first kappa shape index (κ1) is 21.9. The molecule has 1 aliphatic rings. The van der Waals surface area contributed by atoms with Crippen LogP contribution >= 0.6 is 0 Å². The number of piperidine rings is 1. The second-order valence-electron chi connectivity index (χ2n) is 8.04. The van der Waals surface area contributed by atoms with Gasteiger partial charge in [-0.1, -0.05) is 19.1 Å². The Bertz CT molecular complexity index is 1110. The van der Waals surface area contributed by atoms with Crippen molar-refractivity contribution < 1.29 is 13.6 Å². The van der Waals surface area contributed by atoms with Gasteiger partial charge in [-0.05, 0) is 54.0 Å². The van der Waals surface area contributed by atoms with E-state index in [1.165, 1.54) is 26.6 Å². The number of para-hydroxylation sites is 1. The second kappa shape index (κ2) is 9.47. The molecule has 2 aromatic heterocycles. The SMILES string of the molecule is CCn1nnn(CCN2CCC(N(C(=O)c3ccco3)c3ccccc3F)C(C)C2)c1=O. The average Bonchev–Trinajstić information content (AvgIpc) is 3.45. The highest BCUT2D eigenvalue weighted by Crippen LogP contribution is 2.30. The molecule has 1 fully saturated rings. The minimum atomic E-state index is -0.444. The monoisotopic (exact) mass is 442 g/mol. The number of halogens is 1. The van der Waals surface area contributed by atoms with Crippen LogP contribution in [0.25, 0.3) is 0 Å². The number of aryl methyl sites for hydroxylation is 1. The molecule has 0 bridgehead atoms. The third kappa shape index (κ3) is 4.36. The molecule has 3 heterocycles. The highest BCUT2D eigenvalue weighted by molar-refractivity contribution is 6.04. The van der Waals surface area contributed by atoms with E-state index in [-0.39, 0.29) is 35.0 Å². The minimum Gasteiger partial charge on any atom is -0.459 e. The summed E-state index contributed by atoms with van der Waals surface area (Å²) in [6, 6.07) is 9.37. The van der Waals surface area contributed by atoms with E-state index in [0.717, 1.165) is 0 Å². The van der Waals surface area contributed by atoms with Crippen LogP contribution in [0.3, 0.4) is 0 Å². The summed E-state index contributed by atoms with van der Waals surface area (Å²) in [6.07, 6.45) is 2.11. The van der Waals surface area contributed by atoms with Gasteiger partial charge in [-0.3, -0.25) is 9.69 Å². The number of amides is 1. The molecular formula is C22H27FN6O3. The summed E-state index contributed by atoms with van der Waals surface area (Å²) < 4.78 is 22.7. The molecule has 0 N–H and O–H groups in total. The normalized spacial score (nSPS) is 19.2. The number of hydrogen-bond donors (Lipinski definition) is 0. The largest absolute Gasteiger partial charge is 0.459 e. The molecule has 0 aliphatic carbocycles. The molecule has 2 unspecified atom stereocenters. The van der Waals surface area contributed by atoms with Gasteiger partial charge in [-0.2, -0.15) is 9.36 Å². The first-order chi connectivity index (χ1) is 15.5.